The van der Waals surface area contributed by atoms with Gasteiger partial charge in [-0.25, -0.2) is 9.97 Å². The van der Waals surface area contributed by atoms with Crippen molar-refractivity contribution >= 4 is 21.5 Å². The molecular formula is C39H28N2. The number of fused-ring (bicyclic) bond motifs is 8. The summed E-state index contributed by atoms with van der Waals surface area (Å²) < 4.78 is 0. The molecule has 41 heavy (non-hydrogen) atoms. The van der Waals surface area contributed by atoms with Crippen molar-refractivity contribution in [1.82, 2.24) is 9.97 Å². The maximum atomic E-state index is 5.38. The van der Waals surface area contributed by atoms with Crippen LogP contribution in [0.25, 0.3) is 66.4 Å². The molecule has 1 heterocycles. The lowest BCUT2D eigenvalue weighted by atomic mass is 9.81. The van der Waals surface area contributed by atoms with Gasteiger partial charge in [-0.2, -0.15) is 0 Å². The van der Waals surface area contributed by atoms with Crippen LogP contribution in [0.4, 0.5) is 0 Å². The fourth-order valence-corrected chi connectivity index (χ4v) is 6.69. The second-order valence-corrected chi connectivity index (χ2v) is 11.4. The normalized spacial score (nSPS) is 13.3. The highest BCUT2D eigenvalue weighted by atomic mass is 14.9. The first-order valence-electron chi connectivity index (χ1n) is 14.2. The second kappa shape index (κ2) is 8.97. The van der Waals surface area contributed by atoms with Crippen LogP contribution < -0.4 is 0 Å². The molecule has 0 saturated carbocycles. The molecule has 0 bridgehead atoms. The van der Waals surface area contributed by atoms with Crippen LogP contribution >= 0.6 is 0 Å². The van der Waals surface area contributed by atoms with E-state index in [-0.39, 0.29) is 5.41 Å². The Kier molecular flexibility index (Phi) is 5.20. The van der Waals surface area contributed by atoms with Crippen LogP contribution in [0, 0.1) is 0 Å². The highest BCUT2D eigenvalue weighted by Gasteiger charge is 2.42. The maximum Gasteiger partial charge on any atom is 0.160 e. The molecule has 0 radical (unpaired) electrons. The van der Waals surface area contributed by atoms with Gasteiger partial charge in [0.15, 0.2) is 5.82 Å². The molecule has 0 fully saturated rings. The van der Waals surface area contributed by atoms with E-state index in [2.05, 4.69) is 141 Å². The zero-order chi connectivity index (χ0) is 27.6. The van der Waals surface area contributed by atoms with Gasteiger partial charge in [-0.3, -0.25) is 0 Å². The Balaban J connectivity index is 1.43. The van der Waals surface area contributed by atoms with Crippen molar-refractivity contribution < 1.29 is 0 Å². The molecule has 0 spiro atoms. The van der Waals surface area contributed by atoms with Crippen LogP contribution in [0.5, 0.6) is 0 Å². The topological polar surface area (TPSA) is 25.8 Å². The molecule has 0 aliphatic heterocycles. The van der Waals surface area contributed by atoms with Gasteiger partial charge in [0.05, 0.1) is 11.4 Å². The summed E-state index contributed by atoms with van der Waals surface area (Å²) in [5.41, 5.74) is 10.0. The predicted octanol–water partition coefficient (Wildman–Crippen LogP) is 10.1. The first-order chi connectivity index (χ1) is 20.1. The van der Waals surface area contributed by atoms with Gasteiger partial charge in [-0.15, -0.1) is 0 Å². The number of rotatable bonds is 3. The monoisotopic (exact) mass is 524 g/mol. The Morgan fingerprint density at radius 3 is 1.56 bits per heavy atom. The number of nitrogens with zero attached hydrogens (tertiary/aromatic N) is 2. The SMILES string of the molecule is CC1(C)c2nc(-c3ccc(-c4ccccc4)cc3)nc(-c3ccccc3)c2-c2c1c1ccccc1c1ccccc21. The highest BCUT2D eigenvalue weighted by molar-refractivity contribution is 6.19. The zero-order valence-electron chi connectivity index (χ0n) is 23.1. The largest absolute Gasteiger partial charge is 0.231 e. The van der Waals surface area contributed by atoms with Gasteiger partial charge in [-0.1, -0.05) is 147 Å². The van der Waals surface area contributed by atoms with E-state index in [1.807, 2.05) is 6.07 Å². The molecule has 0 saturated heterocycles. The Morgan fingerprint density at radius 2 is 0.902 bits per heavy atom. The molecule has 2 nitrogen and oxygen atoms in total. The number of hydrogen-bond donors (Lipinski definition) is 0. The third-order valence-corrected chi connectivity index (χ3v) is 8.61. The van der Waals surface area contributed by atoms with Crippen LogP contribution in [0.3, 0.4) is 0 Å². The van der Waals surface area contributed by atoms with Gasteiger partial charge < -0.3 is 0 Å². The van der Waals surface area contributed by atoms with Gasteiger partial charge in [-0.05, 0) is 43.8 Å². The lowest BCUT2D eigenvalue weighted by Gasteiger charge is -2.23. The van der Waals surface area contributed by atoms with Crippen molar-refractivity contribution in [3.63, 3.8) is 0 Å². The molecule has 7 aromatic rings. The molecule has 1 aliphatic rings. The van der Waals surface area contributed by atoms with Gasteiger partial charge in [0, 0.05) is 22.1 Å². The summed E-state index contributed by atoms with van der Waals surface area (Å²) in [6.45, 7) is 4.64. The summed E-state index contributed by atoms with van der Waals surface area (Å²) >= 11 is 0. The molecule has 1 aromatic heterocycles. The average Bonchev–Trinajstić information content (AvgIpc) is 3.28. The van der Waals surface area contributed by atoms with Crippen molar-refractivity contribution in [2.24, 2.45) is 0 Å². The van der Waals surface area contributed by atoms with Gasteiger partial charge in [0.1, 0.15) is 0 Å². The third-order valence-electron chi connectivity index (χ3n) is 8.61. The first kappa shape index (κ1) is 23.8. The minimum Gasteiger partial charge on any atom is -0.231 e. The van der Waals surface area contributed by atoms with E-state index in [1.165, 1.54) is 43.8 Å². The minimum absolute atomic E-state index is 0.306. The van der Waals surface area contributed by atoms with E-state index >= 15 is 0 Å². The summed E-state index contributed by atoms with van der Waals surface area (Å²) in [5, 5.41) is 5.10. The standard InChI is InChI=1S/C39H28N2/c1-39(2)35-32-20-12-10-18-30(32)29-17-9-11-19-31(29)33(35)34-36(27-15-7-4-8-16-27)40-38(41-37(34)39)28-23-21-26(22-24-28)25-13-5-3-6-14-25/h3-24H,1-2H3. The van der Waals surface area contributed by atoms with Crippen LogP contribution in [-0.4, -0.2) is 9.97 Å². The molecular weight excluding hydrogens is 496 g/mol. The quantitative estimate of drug-likeness (QED) is 0.215. The van der Waals surface area contributed by atoms with Crippen LogP contribution in [0.1, 0.15) is 25.1 Å². The summed E-state index contributed by atoms with van der Waals surface area (Å²) in [6, 6.07) is 47.3. The minimum atomic E-state index is -0.306. The lowest BCUT2D eigenvalue weighted by Crippen LogP contribution is -2.18. The third kappa shape index (κ3) is 3.57. The van der Waals surface area contributed by atoms with Crippen LogP contribution in [0.2, 0.25) is 0 Å². The van der Waals surface area contributed by atoms with E-state index < -0.39 is 0 Å². The molecule has 0 amide bonds. The van der Waals surface area contributed by atoms with Crippen LogP contribution in [0.15, 0.2) is 133 Å². The Labute approximate surface area is 240 Å². The summed E-state index contributed by atoms with van der Waals surface area (Å²) in [6.07, 6.45) is 0. The average molecular weight is 525 g/mol. The highest BCUT2D eigenvalue weighted by Crippen LogP contribution is 2.56. The van der Waals surface area contributed by atoms with Gasteiger partial charge in [0.25, 0.3) is 0 Å². The molecule has 0 unspecified atom stereocenters. The van der Waals surface area contributed by atoms with Crippen molar-refractivity contribution in [2.45, 2.75) is 19.3 Å². The summed E-state index contributed by atoms with van der Waals surface area (Å²) in [4.78, 5) is 10.7. The number of aromatic nitrogens is 2. The molecule has 0 atom stereocenters. The Morgan fingerprint density at radius 1 is 0.415 bits per heavy atom. The van der Waals surface area contributed by atoms with Gasteiger partial charge in [0.2, 0.25) is 0 Å². The number of benzene rings is 6. The van der Waals surface area contributed by atoms with E-state index in [0.29, 0.717) is 0 Å². The molecule has 1 aliphatic carbocycles. The van der Waals surface area contributed by atoms with Crippen molar-refractivity contribution in [3.05, 3.63) is 145 Å². The smallest absolute Gasteiger partial charge is 0.160 e. The van der Waals surface area contributed by atoms with Crippen LogP contribution in [-0.2, 0) is 5.41 Å². The van der Waals surface area contributed by atoms with E-state index in [1.54, 1.807) is 0 Å². The zero-order valence-corrected chi connectivity index (χ0v) is 23.1. The van der Waals surface area contributed by atoms with Crippen molar-refractivity contribution in [1.29, 1.82) is 0 Å². The van der Waals surface area contributed by atoms with E-state index in [4.69, 9.17) is 9.97 Å². The first-order valence-corrected chi connectivity index (χ1v) is 14.2. The molecule has 6 aromatic carbocycles. The van der Waals surface area contributed by atoms with Gasteiger partial charge >= 0.3 is 0 Å². The Bertz CT molecular complexity index is 2090. The molecule has 0 N–H and O–H groups in total. The summed E-state index contributed by atoms with van der Waals surface area (Å²) in [7, 11) is 0. The van der Waals surface area contributed by atoms with Crippen molar-refractivity contribution in [3.8, 4) is 44.9 Å². The molecule has 8 rings (SSSR count). The van der Waals surface area contributed by atoms with E-state index in [9.17, 15) is 0 Å². The Hall–Kier alpha value is -5.08. The fourth-order valence-electron chi connectivity index (χ4n) is 6.69. The molecule has 2 heteroatoms. The predicted molar refractivity (Wildman–Crippen MR) is 171 cm³/mol. The maximum absolute atomic E-state index is 5.38. The summed E-state index contributed by atoms with van der Waals surface area (Å²) in [5.74, 6) is 0.761. The second-order valence-electron chi connectivity index (χ2n) is 11.4. The van der Waals surface area contributed by atoms with Crippen molar-refractivity contribution in [2.75, 3.05) is 0 Å². The lowest BCUT2D eigenvalue weighted by molar-refractivity contribution is 0.641. The van der Waals surface area contributed by atoms with E-state index in [0.717, 1.165) is 33.9 Å². The number of hydrogen-bond acceptors (Lipinski definition) is 2. The fraction of sp³-hybridized carbons (Fsp3) is 0.0769. The molecule has 194 valence electrons.